The number of rotatable bonds is 11. The minimum Gasteiger partial charge on any atom is -0.493 e. The van der Waals surface area contributed by atoms with Crippen molar-refractivity contribution in [1.29, 1.82) is 0 Å². The fourth-order valence-corrected chi connectivity index (χ4v) is 6.30. The van der Waals surface area contributed by atoms with E-state index >= 15 is 0 Å². The van der Waals surface area contributed by atoms with E-state index in [-0.39, 0.29) is 18.4 Å². The normalized spacial score (nSPS) is 22.5. The first-order chi connectivity index (χ1) is 19.3. The van der Waals surface area contributed by atoms with Crippen LogP contribution in [-0.4, -0.2) is 75.4 Å². The molecule has 220 valence electrons. The van der Waals surface area contributed by atoms with Crippen molar-refractivity contribution in [2.24, 2.45) is 5.92 Å². The number of ether oxygens (including phenoxy) is 3. The van der Waals surface area contributed by atoms with Gasteiger partial charge in [0.2, 0.25) is 5.75 Å². The quantitative estimate of drug-likeness (QED) is 0.304. The van der Waals surface area contributed by atoms with Crippen LogP contribution in [0.15, 0.2) is 47.3 Å². The van der Waals surface area contributed by atoms with Gasteiger partial charge < -0.3 is 19.1 Å². The Balaban J connectivity index is 1.60. The van der Waals surface area contributed by atoms with Gasteiger partial charge in [-0.1, -0.05) is 37.0 Å². The van der Waals surface area contributed by atoms with E-state index in [1.807, 2.05) is 11.8 Å². The maximum Gasteiger partial charge on any atom is 0.254 e. The SMILES string of the molecule is COc1cc(C(=O)N(C/C(C)=C/C2=C(F)CC(F)C=C2)CC2CCCN2CC2CCCCC2)cc(OC)c1OC. The maximum absolute atomic E-state index is 14.5. The van der Waals surface area contributed by atoms with Crippen molar-refractivity contribution < 1.29 is 27.8 Å². The smallest absolute Gasteiger partial charge is 0.254 e. The summed E-state index contributed by atoms with van der Waals surface area (Å²) in [7, 11) is 4.58. The Morgan fingerprint density at radius 3 is 2.38 bits per heavy atom. The molecule has 1 saturated heterocycles. The number of halogens is 2. The van der Waals surface area contributed by atoms with Crippen molar-refractivity contribution in [1.82, 2.24) is 9.80 Å². The van der Waals surface area contributed by atoms with E-state index in [2.05, 4.69) is 4.90 Å². The van der Waals surface area contributed by atoms with Gasteiger partial charge in [-0.15, -0.1) is 0 Å². The van der Waals surface area contributed by atoms with Crippen molar-refractivity contribution in [2.75, 3.05) is 47.5 Å². The van der Waals surface area contributed by atoms with Gasteiger partial charge in [0.15, 0.2) is 11.5 Å². The van der Waals surface area contributed by atoms with Crippen molar-refractivity contribution in [2.45, 2.75) is 70.5 Å². The van der Waals surface area contributed by atoms with Crippen LogP contribution in [0.1, 0.15) is 68.6 Å². The van der Waals surface area contributed by atoms with E-state index in [4.69, 9.17) is 14.2 Å². The average Bonchev–Trinajstić information content (AvgIpc) is 3.39. The number of benzene rings is 1. The minimum atomic E-state index is -1.30. The molecule has 1 amide bonds. The summed E-state index contributed by atoms with van der Waals surface area (Å²) in [6, 6.07) is 3.62. The van der Waals surface area contributed by atoms with Crippen LogP contribution in [0.25, 0.3) is 0 Å². The molecule has 6 nitrogen and oxygen atoms in total. The van der Waals surface area contributed by atoms with Gasteiger partial charge in [0.25, 0.3) is 5.91 Å². The molecule has 1 aromatic carbocycles. The monoisotopic (exact) mass is 558 g/mol. The van der Waals surface area contributed by atoms with Gasteiger partial charge >= 0.3 is 0 Å². The third-order valence-electron chi connectivity index (χ3n) is 8.36. The molecule has 0 spiro atoms. The van der Waals surface area contributed by atoms with Gasteiger partial charge in [-0.25, -0.2) is 8.78 Å². The third kappa shape index (κ3) is 7.45. The number of nitrogens with zero attached hydrogens (tertiary/aromatic N) is 2. The molecular formula is C32H44F2N2O4. The Labute approximate surface area is 237 Å². The summed E-state index contributed by atoms with van der Waals surface area (Å²) in [5.74, 6) is 1.36. The molecule has 2 atom stereocenters. The zero-order chi connectivity index (χ0) is 28.6. The van der Waals surface area contributed by atoms with Crippen molar-refractivity contribution in [3.05, 3.63) is 52.9 Å². The van der Waals surface area contributed by atoms with Gasteiger partial charge in [-0.3, -0.25) is 9.69 Å². The molecule has 1 saturated carbocycles. The molecule has 40 heavy (non-hydrogen) atoms. The predicted octanol–water partition coefficient (Wildman–Crippen LogP) is 6.67. The Hall–Kier alpha value is -2.87. The van der Waals surface area contributed by atoms with E-state index in [0.29, 0.717) is 41.5 Å². The number of hydrogen-bond donors (Lipinski definition) is 0. The van der Waals surface area contributed by atoms with Crippen molar-refractivity contribution >= 4 is 5.91 Å². The second-order valence-corrected chi connectivity index (χ2v) is 11.3. The van der Waals surface area contributed by atoms with Crippen molar-refractivity contribution in [3.63, 3.8) is 0 Å². The topological polar surface area (TPSA) is 51.2 Å². The summed E-state index contributed by atoms with van der Waals surface area (Å²) in [4.78, 5) is 18.5. The summed E-state index contributed by atoms with van der Waals surface area (Å²) in [6.07, 6.45) is 11.7. The number of alkyl halides is 1. The highest BCUT2D eigenvalue weighted by atomic mass is 19.1. The first-order valence-corrected chi connectivity index (χ1v) is 14.5. The molecule has 4 rings (SSSR count). The number of amides is 1. The van der Waals surface area contributed by atoms with E-state index in [0.717, 1.165) is 37.4 Å². The van der Waals surface area contributed by atoms with Crippen LogP contribution in [0.4, 0.5) is 8.78 Å². The highest BCUT2D eigenvalue weighted by molar-refractivity contribution is 5.96. The second-order valence-electron chi connectivity index (χ2n) is 11.3. The fraction of sp³-hybridized carbons (Fsp3) is 0.594. The number of likely N-dealkylation sites (tertiary alicyclic amines) is 1. The number of carbonyl (C=O) groups excluding carboxylic acids is 1. The highest BCUT2D eigenvalue weighted by Gasteiger charge is 2.31. The minimum absolute atomic E-state index is 0.158. The molecule has 0 aromatic heterocycles. The molecule has 3 aliphatic rings. The first kappa shape index (κ1) is 30.1. The summed E-state index contributed by atoms with van der Waals surface area (Å²) in [6.45, 7) is 4.91. The third-order valence-corrected chi connectivity index (χ3v) is 8.36. The summed E-state index contributed by atoms with van der Waals surface area (Å²) in [5, 5.41) is 0. The summed E-state index contributed by atoms with van der Waals surface area (Å²) >= 11 is 0. The molecule has 2 fully saturated rings. The predicted molar refractivity (Wildman–Crippen MR) is 154 cm³/mol. The molecule has 8 heteroatoms. The molecule has 1 aliphatic heterocycles. The van der Waals surface area contributed by atoms with Gasteiger partial charge in [0.05, 0.1) is 21.3 Å². The average molecular weight is 559 g/mol. The van der Waals surface area contributed by atoms with Crippen LogP contribution in [-0.2, 0) is 0 Å². The van der Waals surface area contributed by atoms with Crippen LogP contribution >= 0.6 is 0 Å². The molecule has 1 heterocycles. The Bertz CT molecular complexity index is 1100. The van der Waals surface area contributed by atoms with Crippen LogP contribution in [0.5, 0.6) is 17.2 Å². The number of allylic oxidation sites excluding steroid dienone is 5. The zero-order valence-corrected chi connectivity index (χ0v) is 24.4. The molecule has 1 aromatic rings. The number of carbonyl (C=O) groups is 1. The summed E-state index contributed by atoms with van der Waals surface area (Å²) in [5.41, 5.74) is 1.62. The van der Waals surface area contributed by atoms with Gasteiger partial charge in [-0.2, -0.15) is 0 Å². The lowest BCUT2D eigenvalue weighted by Gasteiger charge is -2.34. The largest absolute Gasteiger partial charge is 0.493 e. The first-order valence-electron chi connectivity index (χ1n) is 14.5. The van der Waals surface area contributed by atoms with Crippen molar-refractivity contribution in [3.8, 4) is 17.2 Å². The van der Waals surface area contributed by atoms with E-state index in [9.17, 15) is 13.6 Å². The lowest BCUT2D eigenvalue weighted by Crippen LogP contribution is -2.45. The number of hydrogen-bond acceptors (Lipinski definition) is 5. The van der Waals surface area contributed by atoms with E-state index < -0.39 is 12.0 Å². The number of methoxy groups -OCH3 is 3. The molecule has 0 bridgehead atoms. The standard InChI is InChI=1S/C32H44F2N2O4/c1-22(15-24-12-13-26(33)18-28(24)34)19-36(21-27-11-8-14-35(27)20-23-9-6-5-7-10-23)32(37)25-16-29(38-2)31(40-4)30(17-25)39-3/h12-13,15-17,23,26-27H,5-11,14,18-21H2,1-4H3/b22-15+. The van der Waals surface area contributed by atoms with Gasteiger partial charge in [0.1, 0.15) is 12.0 Å². The van der Waals surface area contributed by atoms with Crippen LogP contribution in [0, 0.1) is 5.92 Å². The molecule has 0 radical (unpaired) electrons. The van der Waals surface area contributed by atoms with Gasteiger partial charge in [0, 0.05) is 43.2 Å². The van der Waals surface area contributed by atoms with Crippen LogP contribution in [0.2, 0.25) is 0 Å². The van der Waals surface area contributed by atoms with Crippen LogP contribution in [0.3, 0.4) is 0 Å². The highest BCUT2D eigenvalue weighted by Crippen LogP contribution is 2.39. The fourth-order valence-electron chi connectivity index (χ4n) is 6.30. The maximum atomic E-state index is 14.5. The lowest BCUT2D eigenvalue weighted by molar-refractivity contribution is 0.0708. The van der Waals surface area contributed by atoms with E-state index in [1.165, 1.54) is 65.6 Å². The molecular weight excluding hydrogens is 514 g/mol. The Kier molecular flexibility index (Phi) is 10.6. The Morgan fingerprint density at radius 2 is 1.75 bits per heavy atom. The van der Waals surface area contributed by atoms with Gasteiger partial charge in [-0.05, 0) is 63.3 Å². The lowest BCUT2D eigenvalue weighted by atomic mass is 9.89. The van der Waals surface area contributed by atoms with Crippen LogP contribution < -0.4 is 14.2 Å². The van der Waals surface area contributed by atoms with E-state index in [1.54, 1.807) is 18.2 Å². The molecule has 0 N–H and O–H groups in total. The zero-order valence-electron chi connectivity index (χ0n) is 24.4. The summed E-state index contributed by atoms with van der Waals surface area (Å²) < 4.78 is 44.5. The molecule has 2 aliphatic carbocycles. The molecule has 2 unspecified atom stereocenters. The Morgan fingerprint density at radius 1 is 1.05 bits per heavy atom. The second kappa shape index (κ2) is 14.2.